The minimum atomic E-state index is -1.06. The number of aryl methyl sites for hydroxylation is 1. The number of nitrogens with two attached hydrogens (primary N) is 1. The summed E-state index contributed by atoms with van der Waals surface area (Å²) in [6.07, 6.45) is 15.6. The number of carboxylic acid groups (broad SMARTS) is 1. The third kappa shape index (κ3) is 11.5. The van der Waals surface area contributed by atoms with E-state index in [1.54, 1.807) is 0 Å². The molecular formula is C35H54N10O3. The van der Waals surface area contributed by atoms with Crippen molar-refractivity contribution >= 4 is 34.4 Å². The van der Waals surface area contributed by atoms with Crippen LogP contribution in [0.3, 0.4) is 0 Å². The van der Waals surface area contributed by atoms with Crippen LogP contribution in [0.1, 0.15) is 95.6 Å². The van der Waals surface area contributed by atoms with E-state index in [9.17, 15) is 9.59 Å². The first kappa shape index (κ1) is 35.6. The first-order valence-electron chi connectivity index (χ1n) is 18.0. The predicted molar refractivity (Wildman–Crippen MR) is 188 cm³/mol. The molecule has 13 nitrogen and oxygen atoms in total. The van der Waals surface area contributed by atoms with Crippen LogP contribution >= 0.6 is 0 Å². The van der Waals surface area contributed by atoms with Gasteiger partial charge >= 0.3 is 5.97 Å². The molecule has 2 heterocycles. The minimum absolute atomic E-state index is 0.0982. The third-order valence-corrected chi connectivity index (χ3v) is 9.68. The summed E-state index contributed by atoms with van der Waals surface area (Å²) in [5.74, 6) is 0.688. The fourth-order valence-electron chi connectivity index (χ4n) is 6.85. The maximum Gasteiger partial charge on any atom is 0.320 e. The van der Waals surface area contributed by atoms with Crippen molar-refractivity contribution in [3.05, 3.63) is 36.2 Å². The number of nitrogens with zero attached hydrogens (tertiary/aromatic N) is 5. The largest absolute Gasteiger partial charge is 0.480 e. The van der Waals surface area contributed by atoms with Crippen molar-refractivity contribution in [1.29, 1.82) is 0 Å². The highest BCUT2D eigenvalue weighted by Crippen LogP contribution is 2.31. The molecule has 1 atom stereocenters. The number of hydrogen-bond donors (Lipinski definition) is 6. The van der Waals surface area contributed by atoms with Crippen molar-refractivity contribution < 1.29 is 14.7 Å². The molecule has 0 radical (unpaired) electrons. The lowest BCUT2D eigenvalue weighted by Crippen LogP contribution is -2.33. The van der Waals surface area contributed by atoms with Crippen molar-refractivity contribution in [2.24, 2.45) is 11.7 Å². The fourth-order valence-corrected chi connectivity index (χ4v) is 6.85. The molecule has 13 heteroatoms. The summed E-state index contributed by atoms with van der Waals surface area (Å²) in [5.41, 5.74) is 7.25. The van der Waals surface area contributed by atoms with E-state index in [0.717, 1.165) is 93.2 Å². The van der Waals surface area contributed by atoms with Crippen molar-refractivity contribution in [2.45, 2.75) is 121 Å². The average Bonchev–Trinajstić information content (AvgIpc) is 3.56. The molecule has 0 saturated heterocycles. The molecule has 2 aromatic heterocycles. The standard InChI is InChI=1S/C35H54N10O3/c36-31(34(47)48)17-16-29(46)22-25-12-14-27(15-13-25)40-33-30-10-4-5-11-32(30)41-35(42-33)39-23-28-24-45(44-43-28)21-7-19-37-18-6-20-38-26-8-2-1-3-9-26/h4-5,10-11,24-27,31,37-38H,1-3,6-9,12-23,36H2,(H,47,48)(H2,39,40,41,42)/t25?,27?,31-/m0/s1. The number of benzene rings is 1. The number of carbonyl (C=O) groups is 2. The number of aromatic nitrogens is 5. The van der Waals surface area contributed by atoms with E-state index >= 15 is 0 Å². The van der Waals surface area contributed by atoms with E-state index < -0.39 is 12.0 Å². The zero-order chi connectivity index (χ0) is 33.6. The Balaban J connectivity index is 1.02. The maximum absolute atomic E-state index is 12.4. The summed E-state index contributed by atoms with van der Waals surface area (Å²) >= 11 is 0. The highest BCUT2D eigenvalue weighted by molar-refractivity contribution is 5.90. The number of nitrogens with one attached hydrogen (secondary N) is 4. The number of Topliss-reactive ketones (excluding diaryl/α,β-unsaturated/α-hetero) is 1. The Labute approximate surface area is 283 Å². The van der Waals surface area contributed by atoms with Crippen LogP contribution in [0, 0.1) is 5.92 Å². The molecule has 2 aliphatic rings. The van der Waals surface area contributed by atoms with Crippen molar-refractivity contribution in [2.75, 3.05) is 30.3 Å². The summed E-state index contributed by atoms with van der Waals surface area (Å²) in [6, 6.07) is 7.99. The number of ketones is 1. The zero-order valence-corrected chi connectivity index (χ0v) is 28.2. The van der Waals surface area contributed by atoms with E-state index in [0.29, 0.717) is 24.8 Å². The van der Waals surface area contributed by atoms with Gasteiger partial charge < -0.3 is 32.1 Å². The van der Waals surface area contributed by atoms with Gasteiger partial charge in [-0.15, -0.1) is 5.10 Å². The van der Waals surface area contributed by atoms with E-state index in [4.69, 9.17) is 20.8 Å². The first-order chi connectivity index (χ1) is 23.4. The Hall–Kier alpha value is -3.68. The first-order valence-corrected chi connectivity index (χ1v) is 18.0. The molecule has 0 bridgehead atoms. The SMILES string of the molecule is N[C@@H](CCC(=O)CC1CCC(Nc2nc(NCc3cn(CCCNCCCNC4CCCCC4)nn3)nc3ccccc23)CC1)C(=O)O. The maximum atomic E-state index is 12.4. The Bertz CT molecular complexity index is 1430. The molecule has 3 aromatic rings. The van der Waals surface area contributed by atoms with E-state index in [2.05, 4.69) is 31.6 Å². The lowest BCUT2D eigenvalue weighted by Gasteiger charge is -2.29. The number of carbonyl (C=O) groups excluding carboxylic acids is 1. The zero-order valence-electron chi connectivity index (χ0n) is 28.2. The molecule has 2 saturated carbocycles. The quantitative estimate of drug-likeness (QED) is 0.0947. The molecule has 2 fully saturated rings. The number of rotatable bonds is 20. The summed E-state index contributed by atoms with van der Waals surface area (Å²) < 4.78 is 1.90. The molecule has 1 aromatic carbocycles. The fraction of sp³-hybridized carbons (Fsp3) is 0.657. The van der Waals surface area contributed by atoms with Gasteiger partial charge in [-0.05, 0) is 95.5 Å². The molecule has 0 unspecified atom stereocenters. The van der Waals surface area contributed by atoms with Crippen LogP contribution in [-0.4, -0.2) is 79.6 Å². The molecule has 0 aliphatic heterocycles. The third-order valence-electron chi connectivity index (χ3n) is 9.68. The predicted octanol–water partition coefficient (Wildman–Crippen LogP) is 4.25. The van der Waals surface area contributed by atoms with Crippen LogP contribution in [0.5, 0.6) is 0 Å². The van der Waals surface area contributed by atoms with Crippen LogP contribution in [0.4, 0.5) is 11.8 Å². The van der Waals surface area contributed by atoms with Crippen molar-refractivity contribution in [3.63, 3.8) is 0 Å². The van der Waals surface area contributed by atoms with Crippen LogP contribution in [0.2, 0.25) is 0 Å². The van der Waals surface area contributed by atoms with Crippen LogP contribution in [0.15, 0.2) is 30.5 Å². The molecule has 0 spiro atoms. The van der Waals surface area contributed by atoms with Crippen molar-refractivity contribution in [1.82, 2.24) is 35.6 Å². The van der Waals surface area contributed by atoms with Crippen LogP contribution in [-0.2, 0) is 22.7 Å². The number of carboxylic acids is 1. The lowest BCUT2D eigenvalue weighted by molar-refractivity contribution is -0.138. The van der Waals surface area contributed by atoms with Crippen molar-refractivity contribution in [3.8, 4) is 0 Å². The topological polar surface area (TPSA) is 185 Å². The van der Waals surface area contributed by atoms with E-state index in [1.165, 1.54) is 32.1 Å². The molecule has 7 N–H and O–H groups in total. The minimum Gasteiger partial charge on any atom is -0.480 e. The Morgan fingerprint density at radius 2 is 1.75 bits per heavy atom. The number of anilines is 2. The van der Waals surface area contributed by atoms with E-state index in [-0.39, 0.29) is 24.7 Å². The van der Waals surface area contributed by atoms with Gasteiger partial charge in [-0.3, -0.25) is 14.3 Å². The van der Waals surface area contributed by atoms with Gasteiger partial charge in [0.25, 0.3) is 0 Å². The molecule has 2 aliphatic carbocycles. The summed E-state index contributed by atoms with van der Waals surface area (Å²) in [7, 11) is 0. The van der Waals surface area contributed by atoms with Gasteiger partial charge in [-0.1, -0.05) is 36.6 Å². The Kier molecular flexibility index (Phi) is 13.9. The number of fused-ring (bicyclic) bond motifs is 1. The normalized spacial score (nSPS) is 19.3. The second-order valence-corrected chi connectivity index (χ2v) is 13.6. The lowest BCUT2D eigenvalue weighted by atomic mass is 9.82. The van der Waals surface area contributed by atoms with Crippen LogP contribution < -0.4 is 27.0 Å². The van der Waals surface area contributed by atoms with Crippen LogP contribution in [0.25, 0.3) is 10.9 Å². The van der Waals surface area contributed by atoms with Gasteiger partial charge in [0.05, 0.1) is 18.3 Å². The summed E-state index contributed by atoms with van der Waals surface area (Å²) in [6.45, 7) is 4.37. The number of aliphatic carboxylic acids is 1. The number of para-hydroxylation sites is 1. The summed E-state index contributed by atoms with van der Waals surface area (Å²) in [5, 5.41) is 32.8. The highest BCUT2D eigenvalue weighted by atomic mass is 16.4. The monoisotopic (exact) mass is 662 g/mol. The molecule has 0 amide bonds. The Morgan fingerprint density at radius 1 is 0.958 bits per heavy atom. The Morgan fingerprint density at radius 3 is 2.56 bits per heavy atom. The molecule has 262 valence electrons. The van der Waals surface area contributed by atoms with Gasteiger partial charge in [0.2, 0.25) is 5.95 Å². The smallest absolute Gasteiger partial charge is 0.320 e. The molecular weight excluding hydrogens is 608 g/mol. The van der Waals surface area contributed by atoms with E-state index in [1.807, 2.05) is 35.1 Å². The van der Waals surface area contributed by atoms with Gasteiger partial charge in [0, 0.05) is 36.9 Å². The number of hydrogen-bond acceptors (Lipinski definition) is 11. The molecule has 48 heavy (non-hydrogen) atoms. The second-order valence-electron chi connectivity index (χ2n) is 13.6. The molecule has 5 rings (SSSR count). The summed E-state index contributed by atoms with van der Waals surface area (Å²) in [4.78, 5) is 32.9. The second kappa shape index (κ2) is 18.8. The highest BCUT2D eigenvalue weighted by Gasteiger charge is 2.25. The van der Waals surface area contributed by atoms with Gasteiger partial charge in [-0.25, -0.2) is 4.98 Å². The van der Waals surface area contributed by atoms with Gasteiger partial charge in [0.15, 0.2) is 0 Å². The van der Waals surface area contributed by atoms with Gasteiger partial charge in [0.1, 0.15) is 23.3 Å². The van der Waals surface area contributed by atoms with Gasteiger partial charge in [-0.2, -0.15) is 4.98 Å². The average molecular weight is 663 g/mol.